The number of sulfone groups is 1. The van der Waals surface area contributed by atoms with E-state index in [1.807, 2.05) is 18.5 Å². The minimum Gasteiger partial charge on any atom is -0.393 e. The number of aromatic nitrogens is 2. The first-order chi connectivity index (χ1) is 8.87. The molecule has 1 aromatic heterocycles. The van der Waals surface area contributed by atoms with Gasteiger partial charge in [0.2, 0.25) is 0 Å². The van der Waals surface area contributed by atoms with Crippen LogP contribution >= 0.6 is 0 Å². The lowest BCUT2D eigenvalue weighted by atomic mass is 10.3. The lowest BCUT2D eigenvalue weighted by molar-refractivity contribution is 0.441. The van der Waals surface area contributed by atoms with E-state index in [0.717, 1.165) is 12.1 Å². The van der Waals surface area contributed by atoms with Gasteiger partial charge < -0.3 is 5.73 Å². The third kappa shape index (κ3) is 3.40. The quantitative estimate of drug-likeness (QED) is 0.798. The highest BCUT2D eigenvalue weighted by atomic mass is 32.2. The number of rotatable bonds is 7. The number of nitrogen functional groups attached to an aromatic ring is 1. The maximum absolute atomic E-state index is 12.1. The van der Waals surface area contributed by atoms with Gasteiger partial charge in [-0.3, -0.25) is 9.48 Å². The molecule has 0 radical (unpaired) electrons. The first kappa shape index (κ1) is 15.8. The van der Waals surface area contributed by atoms with Gasteiger partial charge in [0.15, 0.2) is 9.84 Å². The largest absolute Gasteiger partial charge is 0.393 e. The molecular weight excluding hydrogens is 266 g/mol. The van der Waals surface area contributed by atoms with E-state index in [9.17, 15) is 13.2 Å². The van der Waals surface area contributed by atoms with E-state index < -0.39 is 9.84 Å². The van der Waals surface area contributed by atoms with Crippen molar-refractivity contribution in [1.82, 2.24) is 9.36 Å². The molecule has 0 unspecified atom stereocenters. The molecule has 0 bridgehead atoms. The standard InChI is InChI=1S/C12H23N3O3S/c1-4-7-14-10(5-2)11(13)12(16)15(14)8-9-19(17,18)6-3/h4-9,13H2,1-3H3. The van der Waals surface area contributed by atoms with Crippen LogP contribution in [0.3, 0.4) is 0 Å². The van der Waals surface area contributed by atoms with Crippen molar-refractivity contribution in [3.8, 4) is 0 Å². The molecule has 0 aromatic carbocycles. The van der Waals surface area contributed by atoms with Crippen LogP contribution in [0.4, 0.5) is 5.69 Å². The van der Waals surface area contributed by atoms with Crippen LogP contribution < -0.4 is 11.3 Å². The second-order valence-corrected chi connectivity index (χ2v) is 6.97. The fourth-order valence-corrected chi connectivity index (χ4v) is 2.83. The van der Waals surface area contributed by atoms with Crippen LogP contribution in [0.25, 0.3) is 0 Å². The van der Waals surface area contributed by atoms with E-state index in [2.05, 4.69) is 0 Å². The molecule has 0 fully saturated rings. The Labute approximate surface area is 114 Å². The van der Waals surface area contributed by atoms with Crippen LogP contribution in [0.15, 0.2) is 4.79 Å². The summed E-state index contributed by atoms with van der Waals surface area (Å²) in [4.78, 5) is 12.1. The highest BCUT2D eigenvalue weighted by Gasteiger charge is 2.17. The van der Waals surface area contributed by atoms with Crippen LogP contribution in [0, 0.1) is 0 Å². The Kier molecular flexibility index (Phi) is 5.22. The van der Waals surface area contributed by atoms with E-state index >= 15 is 0 Å². The lowest BCUT2D eigenvalue weighted by Gasteiger charge is -2.13. The van der Waals surface area contributed by atoms with E-state index in [0.29, 0.717) is 13.0 Å². The van der Waals surface area contributed by atoms with Crippen molar-refractivity contribution in [3.05, 3.63) is 16.0 Å². The molecule has 2 N–H and O–H groups in total. The predicted molar refractivity (Wildman–Crippen MR) is 77.1 cm³/mol. The summed E-state index contributed by atoms with van der Waals surface area (Å²) in [5, 5.41) is 0. The van der Waals surface area contributed by atoms with Crippen molar-refractivity contribution in [3.63, 3.8) is 0 Å². The molecule has 1 heterocycles. The Hall–Kier alpha value is -1.24. The molecule has 0 aliphatic heterocycles. The van der Waals surface area contributed by atoms with Crippen molar-refractivity contribution in [2.45, 2.75) is 46.7 Å². The fourth-order valence-electron chi connectivity index (χ4n) is 2.09. The molecule has 0 amide bonds. The van der Waals surface area contributed by atoms with Gasteiger partial charge >= 0.3 is 0 Å². The smallest absolute Gasteiger partial charge is 0.290 e. The highest BCUT2D eigenvalue weighted by Crippen LogP contribution is 2.10. The van der Waals surface area contributed by atoms with Gasteiger partial charge in [0.05, 0.1) is 18.0 Å². The van der Waals surface area contributed by atoms with E-state index in [4.69, 9.17) is 5.73 Å². The molecule has 0 aliphatic rings. The molecule has 19 heavy (non-hydrogen) atoms. The molecular formula is C12H23N3O3S. The molecule has 1 aromatic rings. The third-order valence-corrected chi connectivity index (χ3v) is 4.89. The first-order valence-corrected chi connectivity index (χ1v) is 8.48. The molecule has 0 saturated carbocycles. The monoisotopic (exact) mass is 289 g/mol. The van der Waals surface area contributed by atoms with E-state index in [1.165, 1.54) is 4.68 Å². The molecule has 0 saturated heterocycles. The summed E-state index contributed by atoms with van der Waals surface area (Å²) in [7, 11) is -3.09. The Morgan fingerprint density at radius 1 is 1.11 bits per heavy atom. The van der Waals surface area contributed by atoms with Crippen LogP contribution in [0.2, 0.25) is 0 Å². The molecule has 0 aliphatic carbocycles. The van der Waals surface area contributed by atoms with Crippen molar-refractivity contribution >= 4 is 15.5 Å². The second kappa shape index (κ2) is 6.27. The summed E-state index contributed by atoms with van der Waals surface area (Å²) in [6, 6.07) is 0. The summed E-state index contributed by atoms with van der Waals surface area (Å²) >= 11 is 0. The average molecular weight is 289 g/mol. The first-order valence-electron chi connectivity index (χ1n) is 6.66. The summed E-state index contributed by atoms with van der Waals surface area (Å²) in [5.41, 5.74) is 6.57. The third-order valence-electron chi connectivity index (χ3n) is 3.20. The van der Waals surface area contributed by atoms with E-state index in [-0.39, 0.29) is 29.3 Å². The Balaban J connectivity index is 3.16. The zero-order valence-corrected chi connectivity index (χ0v) is 12.7. The molecule has 6 nitrogen and oxygen atoms in total. The maximum Gasteiger partial charge on any atom is 0.290 e. The van der Waals surface area contributed by atoms with Crippen LogP contribution in [-0.2, 0) is 29.3 Å². The lowest BCUT2D eigenvalue weighted by Crippen LogP contribution is -2.28. The van der Waals surface area contributed by atoms with Gasteiger partial charge in [0, 0.05) is 12.3 Å². The highest BCUT2D eigenvalue weighted by molar-refractivity contribution is 7.91. The number of nitrogens with two attached hydrogens (primary N) is 1. The normalized spacial score (nSPS) is 11.9. The maximum atomic E-state index is 12.1. The number of hydrogen-bond donors (Lipinski definition) is 1. The zero-order valence-electron chi connectivity index (χ0n) is 11.8. The Bertz CT molecular complexity index is 584. The number of hydrogen-bond acceptors (Lipinski definition) is 4. The molecule has 0 atom stereocenters. The molecule has 7 heteroatoms. The average Bonchev–Trinajstić information content (AvgIpc) is 2.60. The topological polar surface area (TPSA) is 87.1 Å². The molecule has 1 rings (SSSR count). The Morgan fingerprint density at radius 2 is 1.74 bits per heavy atom. The van der Waals surface area contributed by atoms with Crippen LogP contribution in [0.1, 0.15) is 32.9 Å². The van der Waals surface area contributed by atoms with Gasteiger partial charge in [-0.05, 0) is 12.8 Å². The van der Waals surface area contributed by atoms with Gasteiger partial charge in [-0.2, -0.15) is 0 Å². The van der Waals surface area contributed by atoms with Crippen LogP contribution in [-0.4, -0.2) is 29.3 Å². The Morgan fingerprint density at radius 3 is 2.21 bits per heavy atom. The van der Waals surface area contributed by atoms with Crippen molar-refractivity contribution < 1.29 is 8.42 Å². The minimum absolute atomic E-state index is 0.0280. The molecule has 0 spiro atoms. The van der Waals surface area contributed by atoms with Crippen molar-refractivity contribution in [2.24, 2.45) is 0 Å². The van der Waals surface area contributed by atoms with Gasteiger partial charge in [-0.15, -0.1) is 0 Å². The van der Waals surface area contributed by atoms with Gasteiger partial charge in [0.1, 0.15) is 5.69 Å². The summed E-state index contributed by atoms with van der Waals surface area (Å²) < 4.78 is 26.4. The number of anilines is 1. The molecule has 110 valence electrons. The summed E-state index contributed by atoms with van der Waals surface area (Å²) in [6.07, 6.45) is 1.52. The number of nitrogens with zero attached hydrogens (tertiary/aromatic N) is 2. The van der Waals surface area contributed by atoms with Crippen LogP contribution in [0.5, 0.6) is 0 Å². The fraction of sp³-hybridized carbons (Fsp3) is 0.750. The summed E-state index contributed by atoms with van der Waals surface area (Å²) in [5.74, 6) is 0.0616. The van der Waals surface area contributed by atoms with Crippen molar-refractivity contribution in [1.29, 1.82) is 0 Å². The summed E-state index contributed by atoms with van der Waals surface area (Å²) in [6.45, 7) is 6.38. The zero-order chi connectivity index (χ0) is 14.6. The van der Waals surface area contributed by atoms with Crippen molar-refractivity contribution in [2.75, 3.05) is 17.2 Å². The predicted octanol–water partition coefficient (Wildman–Crippen LogP) is 0.639. The van der Waals surface area contributed by atoms with Gasteiger partial charge in [0.25, 0.3) is 5.56 Å². The second-order valence-electron chi connectivity index (χ2n) is 4.50. The van der Waals surface area contributed by atoms with E-state index in [1.54, 1.807) is 6.92 Å². The van der Waals surface area contributed by atoms with Gasteiger partial charge in [-0.1, -0.05) is 20.8 Å². The van der Waals surface area contributed by atoms with Gasteiger partial charge in [-0.25, -0.2) is 13.1 Å². The minimum atomic E-state index is -3.09. The SMILES string of the molecule is CCCn1c(CC)c(N)c(=O)n1CCS(=O)(=O)CC.